The molecule has 0 fully saturated rings. The van der Waals surface area contributed by atoms with E-state index in [9.17, 15) is 5.11 Å². The van der Waals surface area contributed by atoms with Crippen LogP contribution in [0.4, 0.5) is 0 Å². The van der Waals surface area contributed by atoms with E-state index in [1.165, 1.54) is 0 Å². The molecule has 0 saturated carbocycles. The first-order chi connectivity index (χ1) is 5.38. The maximum absolute atomic E-state index is 9.37. The average molecular weight is 219 g/mol. The van der Waals surface area contributed by atoms with Crippen LogP contribution in [0.25, 0.3) is 10.8 Å². The molecule has 0 aliphatic heterocycles. The number of fused-ring (bicyclic) bond motifs is 1. The van der Waals surface area contributed by atoms with Gasteiger partial charge in [-0.25, -0.2) is 0 Å². The third-order valence-electron chi connectivity index (χ3n) is 1.77. The minimum absolute atomic E-state index is 0. The quantitative estimate of drug-likeness (QED) is 0.673. The zero-order valence-electron chi connectivity index (χ0n) is 6.44. The Bertz CT molecular complexity index is 379. The van der Waals surface area contributed by atoms with Gasteiger partial charge in [0.05, 0.1) is 0 Å². The summed E-state index contributed by atoms with van der Waals surface area (Å²) in [5.41, 5.74) is 0. The molecule has 2 heteroatoms. The Kier molecular flexibility index (Phi) is 2.78. The van der Waals surface area contributed by atoms with Crippen molar-refractivity contribution in [3.05, 3.63) is 42.5 Å². The van der Waals surface area contributed by atoms with E-state index >= 15 is 0 Å². The predicted molar refractivity (Wildman–Crippen MR) is 51.4 cm³/mol. The molecule has 0 heterocycles. The summed E-state index contributed by atoms with van der Waals surface area (Å²) in [7, 11) is 0. The third-order valence-corrected chi connectivity index (χ3v) is 1.77. The molecule has 0 aliphatic carbocycles. The second kappa shape index (κ2) is 3.64. The Morgan fingerprint density at radius 2 is 1.50 bits per heavy atom. The summed E-state index contributed by atoms with van der Waals surface area (Å²) in [4.78, 5) is 0. The molecule has 0 aromatic heterocycles. The van der Waals surface area contributed by atoms with Crippen molar-refractivity contribution in [2.24, 2.45) is 0 Å². The number of rotatable bonds is 0. The first kappa shape index (κ1) is 9.15. The maximum atomic E-state index is 9.37. The van der Waals surface area contributed by atoms with Gasteiger partial charge in [-0.15, -0.1) is 0 Å². The topological polar surface area (TPSA) is 20.2 Å². The van der Waals surface area contributed by atoms with Crippen LogP contribution in [0, 0.1) is 0 Å². The first-order valence-electron chi connectivity index (χ1n) is 3.54. The minimum Gasteiger partial charge on any atom is -0.507 e. The molecule has 0 aliphatic rings. The molecule has 0 atom stereocenters. The standard InChI is InChI=1S/C10H8O.As/c11-10-7-3-5-8-4-1-2-6-9(8)10;/h1-7,11H;. The summed E-state index contributed by atoms with van der Waals surface area (Å²) in [6.07, 6.45) is 0. The molecule has 12 heavy (non-hydrogen) atoms. The zero-order chi connectivity index (χ0) is 7.68. The Morgan fingerprint density at radius 1 is 0.833 bits per heavy atom. The molecule has 2 rings (SSSR count). The van der Waals surface area contributed by atoms with Crippen LogP contribution < -0.4 is 0 Å². The van der Waals surface area contributed by atoms with Crippen LogP contribution in [-0.2, 0) is 0 Å². The van der Waals surface area contributed by atoms with E-state index in [-0.39, 0.29) is 18.0 Å². The number of hydrogen-bond donors (Lipinski definition) is 1. The monoisotopic (exact) mass is 219 g/mol. The molecular weight excluding hydrogens is 211 g/mol. The number of hydrogen-bond acceptors (Lipinski definition) is 1. The van der Waals surface area contributed by atoms with Gasteiger partial charge in [-0.1, -0.05) is 36.4 Å². The van der Waals surface area contributed by atoms with Gasteiger partial charge in [0.1, 0.15) is 5.75 Å². The van der Waals surface area contributed by atoms with Crippen molar-refractivity contribution in [2.75, 3.05) is 0 Å². The Labute approximate surface area is 82.3 Å². The molecule has 2 aromatic rings. The molecule has 0 saturated heterocycles. The van der Waals surface area contributed by atoms with Crippen molar-refractivity contribution in [3.8, 4) is 5.75 Å². The van der Waals surface area contributed by atoms with Crippen LogP contribution in [0.1, 0.15) is 0 Å². The molecule has 1 nitrogen and oxygen atoms in total. The van der Waals surface area contributed by atoms with Crippen molar-refractivity contribution in [1.82, 2.24) is 0 Å². The van der Waals surface area contributed by atoms with Crippen molar-refractivity contribution in [3.63, 3.8) is 0 Å². The van der Waals surface area contributed by atoms with Crippen LogP contribution in [-0.4, -0.2) is 23.1 Å². The van der Waals surface area contributed by atoms with Crippen molar-refractivity contribution >= 4 is 28.7 Å². The van der Waals surface area contributed by atoms with Gasteiger partial charge in [0.25, 0.3) is 0 Å². The van der Waals surface area contributed by atoms with Crippen LogP contribution in [0.3, 0.4) is 0 Å². The summed E-state index contributed by atoms with van der Waals surface area (Å²) in [5.74, 6) is 0.350. The third kappa shape index (κ3) is 1.46. The van der Waals surface area contributed by atoms with E-state index in [1.807, 2.05) is 36.4 Å². The SMILES string of the molecule is Oc1cccc2ccccc12.[As]. The summed E-state index contributed by atoms with van der Waals surface area (Å²) in [6, 6.07) is 13.3. The Hall–Kier alpha value is -0.942. The fourth-order valence-electron chi connectivity index (χ4n) is 1.21. The number of aromatic hydroxyl groups is 1. The molecule has 59 valence electrons. The van der Waals surface area contributed by atoms with E-state index < -0.39 is 0 Å². The normalized spacial score (nSPS) is 9.33. The second-order valence-electron chi connectivity index (χ2n) is 2.50. The second-order valence-corrected chi connectivity index (χ2v) is 2.50. The number of phenolic OH excluding ortho intramolecular Hbond substituents is 1. The molecule has 0 spiro atoms. The largest absolute Gasteiger partial charge is 0.507 e. The minimum atomic E-state index is 0. The van der Waals surface area contributed by atoms with E-state index in [0.29, 0.717) is 5.75 Å². The van der Waals surface area contributed by atoms with Crippen LogP contribution in [0.2, 0.25) is 0 Å². The van der Waals surface area contributed by atoms with E-state index in [1.54, 1.807) is 6.07 Å². The smallest absolute Gasteiger partial charge is 0.123 e. The molecule has 0 bridgehead atoms. The van der Waals surface area contributed by atoms with Crippen LogP contribution in [0.5, 0.6) is 5.75 Å². The van der Waals surface area contributed by atoms with E-state index in [2.05, 4.69) is 0 Å². The van der Waals surface area contributed by atoms with Crippen LogP contribution >= 0.6 is 0 Å². The Morgan fingerprint density at radius 3 is 2.25 bits per heavy atom. The van der Waals surface area contributed by atoms with Gasteiger partial charge in [-0.3, -0.25) is 0 Å². The zero-order valence-corrected chi connectivity index (χ0v) is 8.31. The van der Waals surface area contributed by atoms with Gasteiger partial charge in [0.15, 0.2) is 0 Å². The average Bonchev–Trinajstić information content (AvgIpc) is 2.06. The van der Waals surface area contributed by atoms with E-state index in [0.717, 1.165) is 10.8 Å². The number of benzene rings is 2. The maximum Gasteiger partial charge on any atom is 0.123 e. The summed E-state index contributed by atoms with van der Waals surface area (Å²) in [6.45, 7) is 0. The summed E-state index contributed by atoms with van der Waals surface area (Å²) < 4.78 is 0. The van der Waals surface area contributed by atoms with Crippen molar-refractivity contribution < 1.29 is 5.11 Å². The van der Waals surface area contributed by atoms with Crippen molar-refractivity contribution in [2.45, 2.75) is 0 Å². The Balaban J connectivity index is 0.000000720. The molecule has 0 amide bonds. The van der Waals surface area contributed by atoms with Gasteiger partial charge in [-0.05, 0) is 11.5 Å². The number of phenols is 1. The first-order valence-corrected chi connectivity index (χ1v) is 3.54. The predicted octanol–water partition coefficient (Wildman–Crippen LogP) is 2.16. The van der Waals surface area contributed by atoms with Gasteiger partial charge in [-0.2, -0.15) is 0 Å². The summed E-state index contributed by atoms with van der Waals surface area (Å²) >= 11 is 0. The molecule has 2 aromatic carbocycles. The molecule has 0 unspecified atom stereocenters. The van der Waals surface area contributed by atoms with Crippen LogP contribution in [0.15, 0.2) is 42.5 Å². The fourth-order valence-corrected chi connectivity index (χ4v) is 1.21. The van der Waals surface area contributed by atoms with Gasteiger partial charge < -0.3 is 5.11 Å². The summed E-state index contributed by atoms with van der Waals surface area (Å²) in [5, 5.41) is 11.4. The molecular formula is C10H8AsO. The van der Waals surface area contributed by atoms with Gasteiger partial charge in [0.2, 0.25) is 0 Å². The van der Waals surface area contributed by atoms with Gasteiger partial charge >= 0.3 is 0 Å². The molecule has 1 N–H and O–H groups in total. The van der Waals surface area contributed by atoms with E-state index in [4.69, 9.17) is 0 Å². The fraction of sp³-hybridized carbons (Fsp3) is 0. The molecule has 3 radical (unpaired) electrons. The van der Waals surface area contributed by atoms with Crippen molar-refractivity contribution in [1.29, 1.82) is 0 Å². The van der Waals surface area contributed by atoms with Gasteiger partial charge in [0, 0.05) is 23.3 Å².